The summed E-state index contributed by atoms with van der Waals surface area (Å²) in [5.41, 5.74) is -0.0465. The average Bonchev–Trinajstić information content (AvgIpc) is 3.00. The zero-order valence-corrected chi connectivity index (χ0v) is 10.6. The van der Waals surface area contributed by atoms with E-state index in [1.165, 1.54) is 0 Å². The lowest BCUT2D eigenvalue weighted by molar-refractivity contribution is 0.203. The lowest BCUT2D eigenvalue weighted by atomic mass is 10.1. The normalized spacial score (nSPS) is 16.6. The number of aliphatic hydroxyl groups is 1. The smallest absolute Gasteiger partial charge is 0.315 e. The van der Waals surface area contributed by atoms with Gasteiger partial charge in [0.2, 0.25) is 0 Å². The van der Waals surface area contributed by atoms with E-state index in [2.05, 4.69) is 15.6 Å². The van der Waals surface area contributed by atoms with Crippen molar-refractivity contribution in [3.05, 3.63) is 16.1 Å². The Morgan fingerprint density at radius 1 is 1.59 bits per heavy atom. The number of hydrogen-bond acceptors (Lipinski definition) is 4. The second-order valence-electron chi connectivity index (χ2n) is 4.56. The number of rotatable bonds is 5. The number of aromatic nitrogens is 1. The number of nitrogens with one attached hydrogen (secondary N) is 2. The molecule has 17 heavy (non-hydrogen) atoms. The zero-order valence-electron chi connectivity index (χ0n) is 9.82. The highest BCUT2D eigenvalue weighted by Crippen LogP contribution is 2.44. The molecule has 0 bridgehead atoms. The summed E-state index contributed by atoms with van der Waals surface area (Å²) in [5.74, 6) is 0. The molecule has 1 aliphatic carbocycles. The Labute approximate surface area is 104 Å². The monoisotopic (exact) mass is 255 g/mol. The van der Waals surface area contributed by atoms with Gasteiger partial charge in [-0.15, -0.1) is 11.3 Å². The number of nitrogens with zero attached hydrogens (tertiary/aromatic N) is 1. The number of carbonyl (C=O) groups is 1. The van der Waals surface area contributed by atoms with E-state index in [1.807, 2.05) is 6.92 Å². The fourth-order valence-corrected chi connectivity index (χ4v) is 2.26. The van der Waals surface area contributed by atoms with Crippen LogP contribution in [0.1, 0.15) is 22.7 Å². The maximum atomic E-state index is 11.5. The Morgan fingerprint density at radius 3 is 2.88 bits per heavy atom. The van der Waals surface area contributed by atoms with E-state index in [4.69, 9.17) is 5.11 Å². The molecule has 2 rings (SSSR count). The largest absolute Gasteiger partial charge is 0.396 e. The van der Waals surface area contributed by atoms with Crippen LogP contribution in [-0.4, -0.2) is 29.3 Å². The summed E-state index contributed by atoms with van der Waals surface area (Å²) >= 11 is 1.58. The van der Waals surface area contributed by atoms with Crippen LogP contribution in [0.25, 0.3) is 0 Å². The predicted octanol–water partition coefficient (Wildman–Crippen LogP) is 1.02. The van der Waals surface area contributed by atoms with Crippen molar-refractivity contribution in [1.82, 2.24) is 15.6 Å². The van der Waals surface area contributed by atoms with Gasteiger partial charge in [0.25, 0.3) is 0 Å². The number of thiazole rings is 1. The second kappa shape index (κ2) is 5.01. The SMILES string of the molecule is Cc1cnc(CNC(=O)NCC2(CO)CC2)s1. The third-order valence-corrected chi connectivity index (χ3v) is 3.90. The number of aliphatic hydroxyl groups excluding tert-OH is 1. The molecule has 5 nitrogen and oxygen atoms in total. The second-order valence-corrected chi connectivity index (χ2v) is 5.88. The molecule has 0 atom stereocenters. The standard InChI is InChI=1S/C11H17N3O2S/c1-8-4-12-9(17-8)5-13-10(16)14-6-11(7-15)2-3-11/h4,15H,2-3,5-7H2,1H3,(H2,13,14,16). The molecule has 0 saturated heterocycles. The molecule has 0 aliphatic heterocycles. The minimum Gasteiger partial charge on any atom is -0.396 e. The Morgan fingerprint density at radius 2 is 2.35 bits per heavy atom. The van der Waals surface area contributed by atoms with Crippen LogP contribution in [0.5, 0.6) is 0 Å². The topological polar surface area (TPSA) is 74.2 Å². The summed E-state index contributed by atoms with van der Waals surface area (Å²) in [6.45, 7) is 3.14. The van der Waals surface area contributed by atoms with Gasteiger partial charge < -0.3 is 15.7 Å². The van der Waals surface area contributed by atoms with E-state index in [0.29, 0.717) is 13.1 Å². The molecular weight excluding hydrogens is 238 g/mol. The Bertz CT molecular complexity index is 401. The molecule has 0 spiro atoms. The van der Waals surface area contributed by atoms with Gasteiger partial charge in [0.15, 0.2) is 0 Å². The molecule has 2 amide bonds. The minimum absolute atomic E-state index is 0.0465. The molecule has 1 aliphatic rings. The average molecular weight is 255 g/mol. The van der Waals surface area contributed by atoms with E-state index >= 15 is 0 Å². The molecule has 1 heterocycles. The van der Waals surface area contributed by atoms with Crippen molar-refractivity contribution in [1.29, 1.82) is 0 Å². The zero-order chi connectivity index (χ0) is 12.3. The molecule has 94 valence electrons. The van der Waals surface area contributed by atoms with E-state index in [1.54, 1.807) is 17.5 Å². The van der Waals surface area contributed by atoms with E-state index in [-0.39, 0.29) is 18.1 Å². The van der Waals surface area contributed by atoms with Crippen LogP contribution in [-0.2, 0) is 6.54 Å². The lowest BCUT2D eigenvalue weighted by Crippen LogP contribution is -2.39. The molecule has 3 N–H and O–H groups in total. The van der Waals surface area contributed by atoms with Gasteiger partial charge in [0, 0.05) is 23.0 Å². The van der Waals surface area contributed by atoms with Gasteiger partial charge in [-0.05, 0) is 19.8 Å². The first kappa shape index (κ1) is 12.3. The van der Waals surface area contributed by atoms with Gasteiger partial charge in [-0.1, -0.05) is 0 Å². The Kier molecular flexibility index (Phi) is 3.63. The van der Waals surface area contributed by atoms with E-state index in [9.17, 15) is 4.79 Å². The van der Waals surface area contributed by atoms with Gasteiger partial charge in [0.05, 0.1) is 13.2 Å². The van der Waals surface area contributed by atoms with Gasteiger partial charge in [0.1, 0.15) is 5.01 Å². The highest BCUT2D eigenvalue weighted by molar-refractivity contribution is 7.11. The first-order valence-electron chi connectivity index (χ1n) is 5.67. The van der Waals surface area contributed by atoms with Crippen LogP contribution in [0, 0.1) is 12.3 Å². The van der Waals surface area contributed by atoms with Crippen LogP contribution in [0.2, 0.25) is 0 Å². The number of aryl methyl sites for hydroxylation is 1. The van der Waals surface area contributed by atoms with Crippen LogP contribution in [0.15, 0.2) is 6.20 Å². The van der Waals surface area contributed by atoms with Gasteiger partial charge >= 0.3 is 6.03 Å². The first-order chi connectivity index (χ1) is 8.13. The van der Waals surface area contributed by atoms with E-state index in [0.717, 1.165) is 22.7 Å². The highest BCUT2D eigenvalue weighted by Gasteiger charge is 2.42. The number of hydrogen-bond donors (Lipinski definition) is 3. The van der Waals surface area contributed by atoms with E-state index < -0.39 is 0 Å². The molecular formula is C11H17N3O2S. The summed E-state index contributed by atoms with van der Waals surface area (Å²) in [5, 5.41) is 15.5. The van der Waals surface area contributed by atoms with Gasteiger partial charge in [-0.25, -0.2) is 9.78 Å². The van der Waals surface area contributed by atoms with Crippen LogP contribution < -0.4 is 10.6 Å². The van der Waals surface area contributed by atoms with Crippen molar-refractivity contribution < 1.29 is 9.90 Å². The number of carbonyl (C=O) groups excluding carboxylic acids is 1. The highest BCUT2D eigenvalue weighted by atomic mass is 32.1. The predicted molar refractivity (Wildman–Crippen MR) is 65.8 cm³/mol. The minimum atomic E-state index is -0.197. The summed E-state index contributed by atoms with van der Waals surface area (Å²) < 4.78 is 0. The number of amides is 2. The third-order valence-electron chi connectivity index (χ3n) is 2.99. The molecule has 0 radical (unpaired) electrons. The van der Waals surface area contributed by atoms with Crippen LogP contribution in [0.4, 0.5) is 4.79 Å². The maximum absolute atomic E-state index is 11.5. The molecule has 0 unspecified atom stereocenters. The fourth-order valence-electron chi connectivity index (χ4n) is 1.54. The Balaban J connectivity index is 1.67. The fraction of sp³-hybridized carbons (Fsp3) is 0.636. The summed E-state index contributed by atoms with van der Waals surface area (Å²) in [7, 11) is 0. The quantitative estimate of drug-likeness (QED) is 0.735. The summed E-state index contributed by atoms with van der Waals surface area (Å²) in [4.78, 5) is 16.8. The molecule has 1 saturated carbocycles. The maximum Gasteiger partial charge on any atom is 0.315 e. The molecule has 1 fully saturated rings. The van der Waals surface area contributed by atoms with Crippen LogP contribution in [0.3, 0.4) is 0 Å². The van der Waals surface area contributed by atoms with Crippen molar-refractivity contribution in [2.24, 2.45) is 5.41 Å². The molecule has 1 aromatic heterocycles. The van der Waals surface area contributed by atoms with Crippen molar-refractivity contribution in [2.45, 2.75) is 26.3 Å². The van der Waals surface area contributed by atoms with Crippen molar-refractivity contribution >= 4 is 17.4 Å². The van der Waals surface area contributed by atoms with Crippen molar-refractivity contribution in [3.63, 3.8) is 0 Å². The first-order valence-corrected chi connectivity index (χ1v) is 6.49. The van der Waals surface area contributed by atoms with Gasteiger partial charge in [-0.2, -0.15) is 0 Å². The van der Waals surface area contributed by atoms with Crippen LogP contribution >= 0.6 is 11.3 Å². The molecule has 0 aromatic carbocycles. The van der Waals surface area contributed by atoms with Gasteiger partial charge in [-0.3, -0.25) is 0 Å². The summed E-state index contributed by atoms with van der Waals surface area (Å²) in [6, 6.07) is -0.197. The molecule has 1 aromatic rings. The van der Waals surface area contributed by atoms with Crippen molar-refractivity contribution in [3.8, 4) is 0 Å². The number of urea groups is 1. The molecule has 6 heteroatoms. The lowest BCUT2D eigenvalue weighted by Gasteiger charge is -2.12. The Hall–Kier alpha value is -1.14. The third kappa shape index (κ3) is 3.41. The summed E-state index contributed by atoms with van der Waals surface area (Å²) in [6.07, 6.45) is 3.79. The van der Waals surface area contributed by atoms with Crippen molar-refractivity contribution in [2.75, 3.05) is 13.2 Å².